The first-order chi connectivity index (χ1) is 8.18. The minimum absolute atomic E-state index is 0.0279. The number of benzene rings is 1. The summed E-state index contributed by atoms with van der Waals surface area (Å²) in [5.74, 6) is 0.0279. The van der Waals surface area contributed by atoms with Gasteiger partial charge in [0.1, 0.15) is 0 Å². The molecule has 0 fully saturated rings. The molecule has 3 nitrogen and oxygen atoms in total. The van der Waals surface area contributed by atoms with Gasteiger partial charge in [0.2, 0.25) is 0 Å². The second-order valence-electron chi connectivity index (χ2n) is 3.96. The molecule has 1 amide bonds. The second kappa shape index (κ2) is 5.10. The summed E-state index contributed by atoms with van der Waals surface area (Å²) in [5.41, 5.74) is 2.64. The summed E-state index contributed by atoms with van der Waals surface area (Å²) in [5, 5.41) is 1.80. The molecule has 0 atom stereocenters. The zero-order valence-corrected chi connectivity index (χ0v) is 10.7. The number of rotatable bonds is 3. The Hall–Kier alpha value is -1.68. The average molecular weight is 246 g/mol. The van der Waals surface area contributed by atoms with Gasteiger partial charge < -0.3 is 4.90 Å². The van der Waals surface area contributed by atoms with Crippen molar-refractivity contribution in [2.24, 2.45) is 0 Å². The van der Waals surface area contributed by atoms with Gasteiger partial charge in [-0.1, -0.05) is 30.3 Å². The highest BCUT2D eigenvalue weighted by atomic mass is 32.1. The van der Waals surface area contributed by atoms with Crippen molar-refractivity contribution in [1.29, 1.82) is 0 Å². The monoisotopic (exact) mass is 246 g/mol. The van der Waals surface area contributed by atoms with Gasteiger partial charge >= 0.3 is 0 Å². The Balaban J connectivity index is 2.09. The second-order valence-corrected chi connectivity index (χ2v) is 4.59. The van der Waals surface area contributed by atoms with Gasteiger partial charge in [0, 0.05) is 19.0 Å². The molecule has 0 saturated heterocycles. The van der Waals surface area contributed by atoms with Crippen LogP contribution < -0.4 is 0 Å². The van der Waals surface area contributed by atoms with Crippen LogP contribution in [0.3, 0.4) is 0 Å². The van der Waals surface area contributed by atoms with Gasteiger partial charge in [0.25, 0.3) is 5.91 Å². The van der Waals surface area contributed by atoms with Crippen molar-refractivity contribution in [2.45, 2.75) is 13.5 Å². The van der Waals surface area contributed by atoms with E-state index in [0.717, 1.165) is 11.3 Å². The van der Waals surface area contributed by atoms with Crippen LogP contribution in [0.2, 0.25) is 0 Å². The number of carbonyl (C=O) groups is 1. The van der Waals surface area contributed by atoms with Crippen molar-refractivity contribution in [2.75, 3.05) is 7.05 Å². The topological polar surface area (TPSA) is 33.2 Å². The van der Waals surface area contributed by atoms with E-state index in [1.807, 2.05) is 44.3 Å². The van der Waals surface area contributed by atoms with E-state index in [-0.39, 0.29) is 5.91 Å². The number of amides is 1. The maximum Gasteiger partial charge on any atom is 0.256 e. The van der Waals surface area contributed by atoms with Crippen LogP contribution in [0.25, 0.3) is 0 Å². The Morgan fingerprint density at radius 2 is 2.06 bits per heavy atom. The molecule has 2 rings (SSSR count). The predicted octanol–water partition coefficient (Wildman–Crippen LogP) is 2.72. The summed E-state index contributed by atoms with van der Waals surface area (Å²) in [6, 6.07) is 9.96. The van der Waals surface area contributed by atoms with Gasteiger partial charge in [-0.25, -0.2) is 0 Å². The first kappa shape index (κ1) is 11.8. The highest BCUT2D eigenvalue weighted by molar-refractivity contribution is 7.03. The summed E-state index contributed by atoms with van der Waals surface area (Å²) in [6.07, 6.45) is 0. The summed E-state index contributed by atoms with van der Waals surface area (Å²) < 4.78 is 4.12. The fourth-order valence-corrected chi connectivity index (χ4v) is 2.32. The van der Waals surface area contributed by atoms with Gasteiger partial charge in [-0.3, -0.25) is 4.79 Å². The quantitative estimate of drug-likeness (QED) is 0.834. The molecule has 0 aliphatic carbocycles. The number of hydrogen-bond acceptors (Lipinski definition) is 3. The van der Waals surface area contributed by atoms with E-state index >= 15 is 0 Å². The number of carbonyl (C=O) groups excluding carboxylic acids is 1. The molecule has 0 radical (unpaired) electrons. The molecule has 0 bridgehead atoms. The molecule has 1 aromatic carbocycles. The van der Waals surface area contributed by atoms with Gasteiger partial charge in [-0.05, 0) is 24.0 Å². The lowest BCUT2D eigenvalue weighted by molar-refractivity contribution is 0.0784. The third-order valence-corrected chi connectivity index (χ3v) is 3.31. The van der Waals surface area contributed by atoms with Crippen LogP contribution in [0, 0.1) is 6.92 Å². The minimum Gasteiger partial charge on any atom is -0.337 e. The molecule has 2 aromatic rings. The van der Waals surface area contributed by atoms with Crippen LogP contribution in [0.15, 0.2) is 35.7 Å². The van der Waals surface area contributed by atoms with Crippen molar-refractivity contribution in [3.63, 3.8) is 0 Å². The summed E-state index contributed by atoms with van der Waals surface area (Å²) in [6.45, 7) is 2.48. The normalized spacial score (nSPS) is 10.2. The molecule has 0 saturated carbocycles. The molecule has 0 spiro atoms. The lowest BCUT2D eigenvalue weighted by Crippen LogP contribution is -2.26. The highest BCUT2D eigenvalue weighted by Gasteiger charge is 2.15. The van der Waals surface area contributed by atoms with E-state index in [9.17, 15) is 4.79 Å². The van der Waals surface area contributed by atoms with Gasteiger partial charge in [-0.15, -0.1) is 0 Å². The number of nitrogens with zero attached hydrogens (tertiary/aromatic N) is 2. The SMILES string of the molecule is Cc1nscc1C(=O)N(C)Cc1ccccc1. The van der Waals surface area contributed by atoms with Crippen molar-refractivity contribution in [1.82, 2.24) is 9.27 Å². The minimum atomic E-state index is 0.0279. The Morgan fingerprint density at radius 1 is 1.35 bits per heavy atom. The fraction of sp³-hybridized carbons (Fsp3) is 0.231. The van der Waals surface area contributed by atoms with Crippen LogP contribution in [-0.2, 0) is 6.54 Å². The Kier molecular flexibility index (Phi) is 3.54. The zero-order valence-electron chi connectivity index (χ0n) is 9.88. The lowest BCUT2D eigenvalue weighted by atomic mass is 10.2. The van der Waals surface area contributed by atoms with E-state index in [4.69, 9.17) is 0 Å². The first-order valence-electron chi connectivity index (χ1n) is 5.39. The van der Waals surface area contributed by atoms with E-state index in [1.54, 1.807) is 10.3 Å². The molecular weight excluding hydrogens is 232 g/mol. The molecule has 0 aliphatic heterocycles. The lowest BCUT2D eigenvalue weighted by Gasteiger charge is -2.16. The highest BCUT2D eigenvalue weighted by Crippen LogP contribution is 2.13. The predicted molar refractivity (Wildman–Crippen MR) is 69.1 cm³/mol. The van der Waals surface area contributed by atoms with Crippen LogP contribution in [0.5, 0.6) is 0 Å². The molecule has 17 heavy (non-hydrogen) atoms. The fourth-order valence-electron chi connectivity index (χ4n) is 1.63. The number of aromatic nitrogens is 1. The van der Waals surface area contributed by atoms with Crippen LogP contribution >= 0.6 is 11.5 Å². The molecule has 4 heteroatoms. The van der Waals surface area contributed by atoms with E-state index in [1.165, 1.54) is 11.5 Å². The molecule has 0 unspecified atom stereocenters. The van der Waals surface area contributed by atoms with E-state index < -0.39 is 0 Å². The first-order valence-corrected chi connectivity index (χ1v) is 6.22. The van der Waals surface area contributed by atoms with E-state index in [0.29, 0.717) is 12.1 Å². The standard InChI is InChI=1S/C13H14N2OS/c1-10-12(9-17-14-10)13(16)15(2)8-11-6-4-3-5-7-11/h3-7,9H,8H2,1-2H3. The Labute approximate surface area is 105 Å². The van der Waals surface area contributed by atoms with Crippen molar-refractivity contribution >= 4 is 17.4 Å². The van der Waals surface area contributed by atoms with E-state index in [2.05, 4.69) is 4.37 Å². The number of aryl methyl sites for hydroxylation is 1. The molecule has 0 aliphatic rings. The smallest absolute Gasteiger partial charge is 0.256 e. The molecule has 0 N–H and O–H groups in total. The van der Waals surface area contributed by atoms with Crippen LogP contribution in [-0.4, -0.2) is 22.2 Å². The Bertz CT molecular complexity index is 507. The average Bonchev–Trinajstić information content (AvgIpc) is 2.76. The van der Waals surface area contributed by atoms with Crippen molar-refractivity contribution < 1.29 is 4.79 Å². The number of hydrogen-bond donors (Lipinski definition) is 0. The van der Waals surface area contributed by atoms with Crippen molar-refractivity contribution in [3.8, 4) is 0 Å². The summed E-state index contributed by atoms with van der Waals surface area (Å²) in [4.78, 5) is 13.8. The summed E-state index contributed by atoms with van der Waals surface area (Å²) in [7, 11) is 1.81. The van der Waals surface area contributed by atoms with Crippen LogP contribution in [0.4, 0.5) is 0 Å². The Morgan fingerprint density at radius 3 is 2.65 bits per heavy atom. The van der Waals surface area contributed by atoms with Gasteiger partial charge in [0.05, 0.1) is 11.3 Å². The van der Waals surface area contributed by atoms with Gasteiger partial charge in [0.15, 0.2) is 0 Å². The summed E-state index contributed by atoms with van der Waals surface area (Å²) >= 11 is 1.32. The molecule has 1 heterocycles. The molecular formula is C13H14N2OS. The van der Waals surface area contributed by atoms with Gasteiger partial charge in [-0.2, -0.15) is 4.37 Å². The third-order valence-electron chi connectivity index (χ3n) is 2.59. The maximum absolute atomic E-state index is 12.1. The maximum atomic E-state index is 12.1. The zero-order chi connectivity index (χ0) is 12.3. The van der Waals surface area contributed by atoms with Crippen molar-refractivity contribution in [3.05, 3.63) is 52.5 Å². The molecule has 1 aromatic heterocycles. The van der Waals surface area contributed by atoms with Crippen LogP contribution in [0.1, 0.15) is 21.6 Å². The molecule has 88 valence electrons. The third kappa shape index (κ3) is 2.71. The largest absolute Gasteiger partial charge is 0.337 e.